The standard InChI is InChI=1S/C28H26N4O3S3/c1-3-30-24-19-22(38(34,35)29-20-11-7-5-8-12-20)15-16-23(24)32(21-13-9-6-10-14-21)26(30)18-17-25-27(33)31(4-2)28(36)37-25/h5-19,29H,3-4H2,1-2H3/b25-17-,26-18+. The minimum atomic E-state index is -3.81. The lowest BCUT2D eigenvalue weighted by molar-refractivity contribution is -0.122. The molecule has 2 aliphatic heterocycles. The zero-order valence-corrected chi connectivity index (χ0v) is 23.3. The number of amides is 1. The average molecular weight is 563 g/mol. The molecule has 0 atom stereocenters. The molecule has 2 aliphatic rings. The molecule has 5 rings (SSSR count). The fraction of sp³-hybridized carbons (Fsp3) is 0.143. The monoisotopic (exact) mass is 562 g/mol. The van der Waals surface area contributed by atoms with E-state index in [0.717, 1.165) is 22.9 Å². The second-order valence-corrected chi connectivity index (χ2v) is 11.9. The Morgan fingerprint density at radius 3 is 2.16 bits per heavy atom. The van der Waals surface area contributed by atoms with E-state index in [-0.39, 0.29) is 10.8 Å². The second kappa shape index (κ2) is 10.6. The molecule has 0 bridgehead atoms. The molecule has 194 valence electrons. The van der Waals surface area contributed by atoms with Crippen molar-refractivity contribution in [2.75, 3.05) is 27.6 Å². The number of allylic oxidation sites excluding steroid dienone is 2. The normalized spacial score (nSPS) is 17.6. The van der Waals surface area contributed by atoms with E-state index < -0.39 is 10.0 Å². The molecule has 3 aromatic rings. The van der Waals surface area contributed by atoms with Crippen LogP contribution in [-0.4, -0.2) is 36.6 Å². The molecule has 0 aromatic heterocycles. The number of rotatable bonds is 7. The van der Waals surface area contributed by atoms with Crippen LogP contribution >= 0.6 is 24.0 Å². The van der Waals surface area contributed by atoms with Gasteiger partial charge in [0.15, 0.2) is 0 Å². The summed E-state index contributed by atoms with van der Waals surface area (Å²) in [5.41, 5.74) is 3.02. The molecule has 2 heterocycles. The Bertz CT molecular complexity index is 1550. The van der Waals surface area contributed by atoms with Gasteiger partial charge in [0, 0.05) is 24.5 Å². The number of likely N-dealkylation sites (N-methyl/N-ethyl adjacent to an activating group) is 1. The summed E-state index contributed by atoms with van der Waals surface area (Å²) < 4.78 is 29.7. The highest BCUT2D eigenvalue weighted by Gasteiger charge is 2.34. The number of anilines is 4. The average Bonchev–Trinajstić information content (AvgIpc) is 3.39. The number of sulfonamides is 1. The van der Waals surface area contributed by atoms with Crippen LogP contribution in [0.25, 0.3) is 0 Å². The number of carbonyl (C=O) groups excluding carboxylic acids is 1. The molecule has 38 heavy (non-hydrogen) atoms. The van der Waals surface area contributed by atoms with Crippen LogP contribution in [0.15, 0.2) is 107 Å². The molecule has 1 amide bonds. The Labute approximate surface area is 232 Å². The first-order chi connectivity index (χ1) is 18.3. The van der Waals surface area contributed by atoms with Gasteiger partial charge in [-0.1, -0.05) is 60.4 Å². The smallest absolute Gasteiger partial charge is 0.266 e. The molecule has 0 saturated carbocycles. The number of thioether (sulfide) groups is 1. The van der Waals surface area contributed by atoms with Gasteiger partial charge in [0.2, 0.25) is 0 Å². The molecule has 0 radical (unpaired) electrons. The highest BCUT2D eigenvalue weighted by molar-refractivity contribution is 8.26. The van der Waals surface area contributed by atoms with Gasteiger partial charge >= 0.3 is 0 Å². The summed E-state index contributed by atoms with van der Waals surface area (Å²) in [5, 5.41) is 0. The van der Waals surface area contributed by atoms with E-state index in [4.69, 9.17) is 12.2 Å². The maximum absolute atomic E-state index is 13.2. The van der Waals surface area contributed by atoms with Gasteiger partial charge in [-0.3, -0.25) is 19.3 Å². The van der Waals surface area contributed by atoms with Crippen LogP contribution in [0.1, 0.15) is 13.8 Å². The second-order valence-electron chi connectivity index (χ2n) is 8.51. The van der Waals surface area contributed by atoms with E-state index in [1.54, 1.807) is 47.4 Å². The molecule has 10 heteroatoms. The molecule has 3 aromatic carbocycles. The number of thiocarbonyl (C=S) groups is 1. The van der Waals surface area contributed by atoms with E-state index in [1.165, 1.54) is 11.8 Å². The van der Waals surface area contributed by atoms with Gasteiger partial charge in [0.05, 0.1) is 21.2 Å². The van der Waals surface area contributed by atoms with Gasteiger partial charge < -0.3 is 4.90 Å². The summed E-state index contributed by atoms with van der Waals surface area (Å²) in [6.07, 6.45) is 3.69. The zero-order chi connectivity index (χ0) is 26.9. The number of para-hydroxylation sites is 2. The van der Waals surface area contributed by atoms with Crippen LogP contribution in [0.2, 0.25) is 0 Å². The lowest BCUT2D eigenvalue weighted by atomic mass is 10.2. The predicted molar refractivity (Wildman–Crippen MR) is 159 cm³/mol. The van der Waals surface area contributed by atoms with Gasteiger partial charge in [0.25, 0.3) is 15.9 Å². The van der Waals surface area contributed by atoms with Gasteiger partial charge in [-0.05, 0) is 68.5 Å². The minimum absolute atomic E-state index is 0.107. The van der Waals surface area contributed by atoms with Crippen molar-refractivity contribution in [3.8, 4) is 0 Å². The Hall–Kier alpha value is -3.60. The van der Waals surface area contributed by atoms with Crippen LogP contribution in [-0.2, 0) is 14.8 Å². The lowest BCUT2D eigenvalue weighted by Gasteiger charge is -2.24. The van der Waals surface area contributed by atoms with E-state index in [2.05, 4.69) is 9.62 Å². The van der Waals surface area contributed by atoms with Gasteiger partial charge in [0.1, 0.15) is 10.1 Å². The molecule has 1 N–H and O–H groups in total. The lowest BCUT2D eigenvalue weighted by Crippen LogP contribution is -2.27. The molecule has 0 aliphatic carbocycles. The summed E-state index contributed by atoms with van der Waals surface area (Å²) in [4.78, 5) is 19.2. The fourth-order valence-electron chi connectivity index (χ4n) is 4.45. The summed E-state index contributed by atoms with van der Waals surface area (Å²) in [7, 11) is -3.81. The SMILES string of the molecule is CCN1C(=O)/C(=C/C=C2\N(CC)c3cc(S(=O)(=O)Nc4ccccc4)ccc3N2c2ccccc2)SC1=S. The van der Waals surface area contributed by atoms with Crippen molar-refractivity contribution in [3.63, 3.8) is 0 Å². The maximum Gasteiger partial charge on any atom is 0.266 e. The van der Waals surface area contributed by atoms with Crippen LogP contribution in [0.3, 0.4) is 0 Å². The van der Waals surface area contributed by atoms with Crippen LogP contribution in [0.4, 0.5) is 22.7 Å². The number of hydrogen-bond acceptors (Lipinski definition) is 7. The molecule has 0 unspecified atom stereocenters. The van der Waals surface area contributed by atoms with Crippen molar-refractivity contribution in [1.29, 1.82) is 0 Å². The van der Waals surface area contributed by atoms with E-state index in [1.807, 2.05) is 67.3 Å². The molecular weight excluding hydrogens is 537 g/mol. The first-order valence-electron chi connectivity index (χ1n) is 12.1. The number of benzene rings is 3. The Balaban J connectivity index is 1.59. The Morgan fingerprint density at radius 1 is 0.868 bits per heavy atom. The third-order valence-corrected chi connectivity index (χ3v) is 9.00. The van der Waals surface area contributed by atoms with Crippen LogP contribution in [0, 0.1) is 0 Å². The summed E-state index contributed by atoms with van der Waals surface area (Å²) >= 11 is 6.65. The van der Waals surface area contributed by atoms with Crippen molar-refractivity contribution in [1.82, 2.24) is 4.90 Å². The number of fused-ring (bicyclic) bond motifs is 1. The summed E-state index contributed by atoms with van der Waals surface area (Å²) in [6.45, 7) is 5.01. The molecular formula is C28H26N4O3S3. The number of nitrogens with one attached hydrogen (secondary N) is 1. The van der Waals surface area contributed by atoms with Crippen molar-refractivity contribution >= 4 is 67.0 Å². The highest BCUT2D eigenvalue weighted by Crippen LogP contribution is 2.47. The van der Waals surface area contributed by atoms with E-state index in [9.17, 15) is 13.2 Å². The number of hydrogen-bond donors (Lipinski definition) is 1. The van der Waals surface area contributed by atoms with Crippen LogP contribution < -0.4 is 14.5 Å². The summed E-state index contributed by atoms with van der Waals surface area (Å²) in [6, 6.07) is 23.8. The van der Waals surface area contributed by atoms with Gasteiger partial charge in [-0.2, -0.15) is 0 Å². The molecule has 1 fully saturated rings. The van der Waals surface area contributed by atoms with Crippen molar-refractivity contribution in [2.45, 2.75) is 18.7 Å². The number of carbonyl (C=O) groups is 1. The summed E-state index contributed by atoms with van der Waals surface area (Å²) in [5.74, 6) is 0.700. The van der Waals surface area contributed by atoms with Crippen molar-refractivity contribution in [3.05, 3.63) is 102 Å². The molecule has 7 nitrogen and oxygen atoms in total. The van der Waals surface area contributed by atoms with Gasteiger partial charge in [-0.25, -0.2) is 8.42 Å². The third-order valence-electron chi connectivity index (χ3n) is 6.22. The topological polar surface area (TPSA) is 73.0 Å². The molecule has 1 saturated heterocycles. The van der Waals surface area contributed by atoms with Crippen molar-refractivity contribution < 1.29 is 13.2 Å². The fourth-order valence-corrected chi connectivity index (χ4v) is 6.85. The van der Waals surface area contributed by atoms with E-state index in [0.29, 0.717) is 28.0 Å². The highest BCUT2D eigenvalue weighted by atomic mass is 32.2. The van der Waals surface area contributed by atoms with Crippen LogP contribution in [0.5, 0.6) is 0 Å². The maximum atomic E-state index is 13.2. The zero-order valence-electron chi connectivity index (χ0n) is 20.9. The Morgan fingerprint density at radius 2 is 1.53 bits per heavy atom. The van der Waals surface area contributed by atoms with Crippen molar-refractivity contribution in [2.24, 2.45) is 0 Å². The predicted octanol–water partition coefficient (Wildman–Crippen LogP) is 6.07. The largest absolute Gasteiger partial charge is 0.326 e. The minimum Gasteiger partial charge on any atom is -0.326 e. The molecule has 0 spiro atoms. The first kappa shape index (κ1) is 26.0. The quantitative estimate of drug-likeness (QED) is 0.277. The third kappa shape index (κ3) is 4.82. The Kier molecular flexibility index (Phi) is 7.29. The number of nitrogens with zero attached hydrogens (tertiary/aromatic N) is 3. The first-order valence-corrected chi connectivity index (χ1v) is 14.8. The van der Waals surface area contributed by atoms with E-state index >= 15 is 0 Å². The van der Waals surface area contributed by atoms with Gasteiger partial charge in [-0.15, -0.1) is 0 Å².